The van der Waals surface area contributed by atoms with E-state index in [1.807, 2.05) is 33.3 Å². The summed E-state index contributed by atoms with van der Waals surface area (Å²) < 4.78 is 5.07. The smallest absolute Gasteiger partial charge is 0.334 e. The molecule has 0 aromatic carbocycles. The molecule has 0 saturated carbocycles. The molecule has 1 amide bonds. The molecule has 0 bridgehead atoms. The maximum Gasteiger partial charge on any atom is 0.334 e. The fraction of sp³-hybridized carbons (Fsp3) is 0.400. The van der Waals surface area contributed by atoms with E-state index in [1.165, 1.54) is 6.08 Å². The van der Waals surface area contributed by atoms with E-state index < -0.39 is 0 Å². The van der Waals surface area contributed by atoms with Gasteiger partial charge in [0.25, 0.3) is 0 Å². The minimum Gasteiger partial charge on any atom is -0.348 e. The molecule has 9 heteroatoms. The Bertz CT molecular complexity index is 1150. The number of hydrogen-bond acceptors (Lipinski definition) is 5. The summed E-state index contributed by atoms with van der Waals surface area (Å²) in [5.74, 6) is 0.154. The Hall–Kier alpha value is -3.36. The van der Waals surface area contributed by atoms with E-state index in [2.05, 4.69) is 22.0 Å². The molecule has 4 rings (SSSR count). The Labute approximate surface area is 168 Å². The minimum absolute atomic E-state index is 0.0600. The second-order valence-electron chi connectivity index (χ2n) is 7.61. The summed E-state index contributed by atoms with van der Waals surface area (Å²) in [6, 6.07) is 0. The number of aromatic nitrogens is 5. The van der Waals surface area contributed by atoms with Crippen molar-refractivity contribution in [2.24, 2.45) is 13.0 Å². The van der Waals surface area contributed by atoms with Crippen LogP contribution in [0.15, 0.2) is 36.0 Å². The Morgan fingerprint density at radius 1 is 1.34 bits per heavy atom. The molecule has 4 heterocycles. The average Bonchev–Trinajstić information content (AvgIpc) is 3.38. The number of likely N-dealkylation sites (tertiary alicyclic amines) is 1. The molecule has 1 fully saturated rings. The van der Waals surface area contributed by atoms with Gasteiger partial charge in [0.05, 0.1) is 17.1 Å². The lowest BCUT2D eigenvalue weighted by Gasteiger charge is -2.17. The van der Waals surface area contributed by atoms with Crippen molar-refractivity contribution in [1.29, 1.82) is 0 Å². The van der Waals surface area contributed by atoms with Crippen molar-refractivity contribution >= 4 is 22.9 Å². The lowest BCUT2D eigenvalue weighted by Crippen LogP contribution is -2.32. The fourth-order valence-electron chi connectivity index (χ4n) is 3.94. The van der Waals surface area contributed by atoms with Crippen molar-refractivity contribution in [3.05, 3.63) is 53.1 Å². The van der Waals surface area contributed by atoms with Crippen LogP contribution in [0.4, 0.5) is 11.4 Å². The van der Waals surface area contributed by atoms with Gasteiger partial charge in [-0.1, -0.05) is 6.58 Å². The number of hydrogen-bond donors (Lipinski definition) is 1. The first kappa shape index (κ1) is 19.0. The van der Waals surface area contributed by atoms with E-state index in [0.717, 1.165) is 29.2 Å². The predicted octanol–water partition coefficient (Wildman–Crippen LogP) is 1.62. The molecule has 0 spiro atoms. The first-order valence-corrected chi connectivity index (χ1v) is 9.63. The van der Waals surface area contributed by atoms with E-state index in [0.29, 0.717) is 25.3 Å². The average molecular weight is 395 g/mol. The predicted molar refractivity (Wildman–Crippen MR) is 110 cm³/mol. The fourth-order valence-corrected chi connectivity index (χ4v) is 3.94. The van der Waals surface area contributed by atoms with E-state index in [4.69, 9.17) is 0 Å². The van der Waals surface area contributed by atoms with Gasteiger partial charge in [0.15, 0.2) is 5.65 Å². The molecule has 29 heavy (non-hydrogen) atoms. The molecule has 1 saturated heterocycles. The van der Waals surface area contributed by atoms with E-state index in [-0.39, 0.29) is 17.5 Å². The van der Waals surface area contributed by atoms with Gasteiger partial charge in [-0.3, -0.25) is 14.0 Å². The molecule has 1 unspecified atom stereocenters. The maximum atomic E-state index is 13.1. The number of nitrogens with one attached hydrogen (secondary N) is 1. The number of fused-ring (bicyclic) bond motifs is 1. The van der Waals surface area contributed by atoms with Crippen molar-refractivity contribution in [2.45, 2.75) is 26.8 Å². The zero-order valence-electron chi connectivity index (χ0n) is 16.9. The molecule has 152 valence electrons. The number of rotatable bonds is 5. The third kappa shape index (κ3) is 3.43. The van der Waals surface area contributed by atoms with Gasteiger partial charge >= 0.3 is 5.69 Å². The second-order valence-corrected chi connectivity index (χ2v) is 7.61. The lowest BCUT2D eigenvalue weighted by molar-refractivity contribution is -0.125. The largest absolute Gasteiger partial charge is 0.348 e. The normalized spacial score (nSPS) is 16.5. The summed E-state index contributed by atoms with van der Waals surface area (Å²) in [7, 11) is 1.87. The second kappa shape index (κ2) is 7.23. The maximum absolute atomic E-state index is 13.1. The topological polar surface area (TPSA) is 89.5 Å². The SMILES string of the molecule is C=CC(=O)N1CCC(Cn2cc(Nc3cn(C)nc3C)c3ncc(C)n3c2=O)C1. The molecule has 1 aliphatic rings. The number of anilines is 2. The first-order valence-electron chi connectivity index (χ1n) is 9.63. The molecule has 9 nitrogen and oxygen atoms in total. The quantitative estimate of drug-likeness (QED) is 0.663. The molecular weight excluding hydrogens is 370 g/mol. The highest BCUT2D eigenvalue weighted by Crippen LogP contribution is 2.24. The highest BCUT2D eigenvalue weighted by atomic mass is 16.2. The van der Waals surface area contributed by atoms with Crippen LogP contribution >= 0.6 is 0 Å². The third-order valence-electron chi connectivity index (χ3n) is 5.41. The molecule has 1 N–H and O–H groups in total. The van der Waals surface area contributed by atoms with Crippen LogP contribution in [-0.2, 0) is 18.4 Å². The van der Waals surface area contributed by atoms with E-state index >= 15 is 0 Å². The molecule has 3 aromatic heterocycles. The summed E-state index contributed by atoms with van der Waals surface area (Å²) >= 11 is 0. The van der Waals surface area contributed by atoms with Gasteiger partial charge in [-0.05, 0) is 32.3 Å². The van der Waals surface area contributed by atoms with Crippen molar-refractivity contribution in [1.82, 2.24) is 28.6 Å². The van der Waals surface area contributed by atoms with Gasteiger partial charge in [-0.15, -0.1) is 0 Å². The highest BCUT2D eigenvalue weighted by molar-refractivity contribution is 5.87. The Balaban J connectivity index is 1.69. The summed E-state index contributed by atoms with van der Waals surface area (Å²) in [4.78, 5) is 31.2. The van der Waals surface area contributed by atoms with Crippen LogP contribution in [0, 0.1) is 19.8 Å². The molecular formula is C20H25N7O2. The van der Waals surface area contributed by atoms with Crippen LogP contribution in [0.2, 0.25) is 0 Å². The zero-order chi connectivity index (χ0) is 20.7. The number of nitrogens with zero attached hydrogens (tertiary/aromatic N) is 6. The highest BCUT2D eigenvalue weighted by Gasteiger charge is 2.26. The number of carbonyl (C=O) groups excluding carboxylic acids is 1. The van der Waals surface area contributed by atoms with Crippen molar-refractivity contribution in [3.8, 4) is 0 Å². The lowest BCUT2D eigenvalue weighted by atomic mass is 10.1. The van der Waals surface area contributed by atoms with Gasteiger partial charge in [0.1, 0.15) is 0 Å². The zero-order valence-corrected chi connectivity index (χ0v) is 16.9. The van der Waals surface area contributed by atoms with E-state index in [9.17, 15) is 9.59 Å². The van der Waals surface area contributed by atoms with Crippen LogP contribution in [0.25, 0.3) is 5.65 Å². The number of imidazole rings is 1. The van der Waals surface area contributed by atoms with Crippen LogP contribution in [0.3, 0.4) is 0 Å². The van der Waals surface area contributed by atoms with Gasteiger partial charge in [0, 0.05) is 51.0 Å². The standard InChI is InChI=1S/C20H25N7O2/c1-5-18(28)25-7-6-15(9-25)10-26-12-17(22-16-11-24(4)23-14(16)3)19-21-8-13(2)27(19)20(26)29/h5,8,11-12,15,22H,1,6-7,9-10H2,2-4H3. The van der Waals surface area contributed by atoms with Crippen LogP contribution < -0.4 is 11.0 Å². The van der Waals surface area contributed by atoms with E-state index in [1.54, 1.807) is 24.7 Å². The van der Waals surface area contributed by atoms with Crippen LogP contribution in [0.5, 0.6) is 0 Å². The van der Waals surface area contributed by atoms with Crippen LogP contribution in [-0.4, -0.2) is 47.6 Å². The molecule has 3 aromatic rings. The third-order valence-corrected chi connectivity index (χ3v) is 5.41. The minimum atomic E-state index is -0.128. The Kier molecular flexibility index (Phi) is 4.73. The number of carbonyl (C=O) groups is 1. The van der Waals surface area contributed by atoms with Crippen LogP contribution in [0.1, 0.15) is 17.8 Å². The summed E-state index contributed by atoms with van der Waals surface area (Å²) in [5, 5.41) is 7.74. The molecule has 0 aliphatic carbocycles. The summed E-state index contributed by atoms with van der Waals surface area (Å²) in [5.41, 5.74) is 3.70. The van der Waals surface area contributed by atoms with Crippen molar-refractivity contribution in [3.63, 3.8) is 0 Å². The number of amides is 1. The summed E-state index contributed by atoms with van der Waals surface area (Å²) in [6.07, 6.45) is 7.61. The number of aryl methyl sites for hydroxylation is 3. The molecule has 1 atom stereocenters. The van der Waals surface area contributed by atoms with Gasteiger partial charge in [0.2, 0.25) is 5.91 Å². The monoisotopic (exact) mass is 395 g/mol. The Morgan fingerprint density at radius 2 is 2.14 bits per heavy atom. The molecule has 1 aliphatic heterocycles. The van der Waals surface area contributed by atoms with Gasteiger partial charge in [-0.25, -0.2) is 14.2 Å². The first-order chi connectivity index (χ1) is 13.9. The summed E-state index contributed by atoms with van der Waals surface area (Å²) in [6.45, 7) is 9.20. The van der Waals surface area contributed by atoms with Gasteiger partial charge < -0.3 is 10.2 Å². The Morgan fingerprint density at radius 3 is 2.83 bits per heavy atom. The molecule has 0 radical (unpaired) electrons. The van der Waals surface area contributed by atoms with Crippen molar-refractivity contribution < 1.29 is 4.79 Å². The van der Waals surface area contributed by atoms with Crippen molar-refractivity contribution in [2.75, 3.05) is 18.4 Å². The van der Waals surface area contributed by atoms with Gasteiger partial charge in [-0.2, -0.15) is 5.10 Å².